The van der Waals surface area contributed by atoms with Crippen LogP contribution in [0.4, 0.5) is 0 Å². The SMILES string of the molecule is O=S(=O)(CCCCl)c1ccc(Br)cc1. The average Bonchev–Trinajstić information content (AvgIpc) is 2.16. The Labute approximate surface area is 97.3 Å². The smallest absolute Gasteiger partial charge is 0.178 e. The van der Waals surface area contributed by atoms with Crippen LogP contribution < -0.4 is 0 Å². The van der Waals surface area contributed by atoms with Crippen LogP contribution in [0.2, 0.25) is 0 Å². The fraction of sp³-hybridized carbons (Fsp3) is 0.333. The van der Waals surface area contributed by atoms with Crippen LogP contribution in [0.5, 0.6) is 0 Å². The Hall–Kier alpha value is -0.0600. The van der Waals surface area contributed by atoms with Crippen LogP contribution >= 0.6 is 27.5 Å². The molecular weight excluding hydrogens is 288 g/mol. The highest BCUT2D eigenvalue weighted by Crippen LogP contribution is 2.16. The lowest BCUT2D eigenvalue weighted by Gasteiger charge is -2.02. The molecule has 0 atom stereocenters. The van der Waals surface area contributed by atoms with Gasteiger partial charge in [0.2, 0.25) is 0 Å². The molecule has 0 N–H and O–H groups in total. The van der Waals surface area contributed by atoms with Gasteiger partial charge in [-0.25, -0.2) is 8.42 Å². The number of hydrogen-bond donors (Lipinski definition) is 0. The molecule has 5 heteroatoms. The van der Waals surface area contributed by atoms with Crippen LogP contribution in [-0.2, 0) is 9.84 Å². The maximum atomic E-state index is 11.6. The first-order valence-corrected chi connectivity index (χ1v) is 7.08. The molecule has 0 bridgehead atoms. The van der Waals surface area contributed by atoms with Crippen molar-refractivity contribution >= 4 is 37.4 Å². The van der Waals surface area contributed by atoms with Gasteiger partial charge in [0.05, 0.1) is 10.6 Å². The minimum Gasteiger partial charge on any atom is -0.224 e. The highest BCUT2D eigenvalue weighted by Gasteiger charge is 2.12. The summed E-state index contributed by atoms with van der Waals surface area (Å²) in [5.41, 5.74) is 0. The van der Waals surface area contributed by atoms with E-state index in [0.29, 0.717) is 17.2 Å². The van der Waals surface area contributed by atoms with E-state index in [-0.39, 0.29) is 5.75 Å². The van der Waals surface area contributed by atoms with Crippen molar-refractivity contribution in [3.8, 4) is 0 Å². The van der Waals surface area contributed by atoms with Crippen molar-refractivity contribution in [3.63, 3.8) is 0 Å². The molecule has 0 aliphatic heterocycles. The molecule has 0 saturated carbocycles. The second kappa shape index (κ2) is 5.14. The van der Waals surface area contributed by atoms with Crippen LogP contribution in [-0.4, -0.2) is 20.1 Å². The molecule has 14 heavy (non-hydrogen) atoms. The molecule has 1 aromatic rings. The quantitative estimate of drug-likeness (QED) is 0.801. The predicted octanol–water partition coefficient (Wildman–Crippen LogP) is 2.85. The fourth-order valence-electron chi connectivity index (χ4n) is 1.00. The number of alkyl halides is 1. The summed E-state index contributed by atoms with van der Waals surface area (Å²) >= 11 is 8.70. The minimum absolute atomic E-state index is 0.109. The molecule has 0 saturated heterocycles. The molecular formula is C9H10BrClO2S. The molecule has 0 amide bonds. The topological polar surface area (TPSA) is 34.1 Å². The van der Waals surface area contributed by atoms with Gasteiger partial charge in [-0.3, -0.25) is 0 Å². The van der Waals surface area contributed by atoms with Crippen LogP contribution in [0.15, 0.2) is 33.6 Å². The summed E-state index contributed by atoms with van der Waals surface area (Å²) in [6.45, 7) is 0. The second-order valence-corrected chi connectivity index (χ2v) is 6.22. The zero-order valence-corrected chi connectivity index (χ0v) is 10.6. The molecule has 0 radical (unpaired) electrons. The van der Waals surface area contributed by atoms with E-state index in [4.69, 9.17) is 11.6 Å². The summed E-state index contributed by atoms with van der Waals surface area (Å²) in [5, 5.41) is 0. The summed E-state index contributed by atoms with van der Waals surface area (Å²) in [6, 6.07) is 6.61. The summed E-state index contributed by atoms with van der Waals surface area (Å²) in [4.78, 5) is 0.353. The molecule has 78 valence electrons. The molecule has 0 spiro atoms. The molecule has 0 fully saturated rings. The van der Waals surface area contributed by atoms with E-state index >= 15 is 0 Å². The van der Waals surface area contributed by atoms with Gasteiger partial charge in [0.1, 0.15) is 0 Å². The monoisotopic (exact) mass is 296 g/mol. The lowest BCUT2D eigenvalue weighted by molar-refractivity contribution is 0.595. The lowest BCUT2D eigenvalue weighted by Crippen LogP contribution is -2.06. The molecule has 0 heterocycles. The van der Waals surface area contributed by atoms with E-state index in [2.05, 4.69) is 15.9 Å². The van der Waals surface area contributed by atoms with Crippen molar-refractivity contribution in [3.05, 3.63) is 28.7 Å². The third kappa shape index (κ3) is 3.26. The number of hydrogen-bond acceptors (Lipinski definition) is 2. The molecule has 0 aliphatic rings. The van der Waals surface area contributed by atoms with Crippen LogP contribution in [0.3, 0.4) is 0 Å². The van der Waals surface area contributed by atoms with Crippen LogP contribution in [0.1, 0.15) is 6.42 Å². The third-order valence-electron chi connectivity index (χ3n) is 1.72. The summed E-state index contributed by atoms with van der Waals surface area (Å²) in [5.74, 6) is 0.480. The van der Waals surface area contributed by atoms with E-state index in [1.54, 1.807) is 24.3 Å². The molecule has 1 rings (SSSR count). The van der Waals surface area contributed by atoms with Gasteiger partial charge in [-0.2, -0.15) is 0 Å². The summed E-state index contributed by atoms with van der Waals surface area (Å²) in [6.07, 6.45) is 0.486. The Kier molecular flexibility index (Phi) is 4.41. The number of benzene rings is 1. The van der Waals surface area contributed by atoms with Gasteiger partial charge in [-0.05, 0) is 30.7 Å². The maximum absolute atomic E-state index is 11.6. The van der Waals surface area contributed by atoms with E-state index in [0.717, 1.165) is 4.47 Å². The first-order chi connectivity index (χ1) is 6.56. The molecule has 0 aromatic heterocycles. The van der Waals surface area contributed by atoms with E-state index < -0.39 is 9.84 Å². The second-order valence-electron chi connectivity index (χ2n) is 2.82. The molecule has 1 aromatic carbocycles. The first-order valence-electron chi connectivity index (χ1n) is 4.10. The Morgan fingerprint density at radius 1 is 1.21 bits per heavy atom. The Balaban J connectivity index is 2.87. The van der Waals surface area contributed by atoms with Crippen molar-refractivity contribution < 1.29 is 8.42 Å². The number of rotatable bonds is 4. The van der Waals surface area contributed by atoms with Gasteiger partial charge in [-0.1, -0.05) is 15.9 Å². The zero-order valence-electron chi connectivity index (χ0n) is 7.41. The largest absolute Gasteiger partial charge is 0.224 e. The first kappa shape index (κ1) is 12.0. The van der Waals surface area contributed by atoms with Crippen molar-refractivity contribution in [2.75, 3.05) is 11.6 Å². The highest BCUT2D eigenvalue weighted by atomic mass is 79.9. The van der Waals surface area contributed by atoms with Gasteiger partial charge in [-0.15, -0.1) is 11.6 Å². The Bertz CT molecular complexity index is 386. The fourth-order valence-corrected chi connectivity index (χ4v) is 2.87. The summed E-state index contributed by atoms with van der Waals surface area (Å²) < 4.78 is 24.1. The van der Waals surface area contributed by atoms with Gasteiger partial charge in [0, 0.05) is 10.4 Å². The van der Waals surface area contributed by atoms with Crippen LogP contribution in [0, 0.1) is 0 Å². The molecule has 2 nitrogen and oxygen atoms in total. The lowest BCUT2D eigenvalue weighted by atomic mass is 10.4. The van der Waals surface area contributed by atoms with Crippen molar-refractivity contribution in [2.24, 2.45) is 0 Å². The normalized spacial score (nSPS) is 11.6. The predicted molar refractivity (Wildman–Crippen MR) is 61.5 cm³/mol. The number of sulfone groups is 1. The van der Waals surface area contributed by atoms with Crippen LogP contribution in [0.25, 0.3) is 0 Å². The minimum atomic E-state index is -3.14. The van der Waals surface area contributed by atoms with Gasteiger partial charge < -0.3 is 0 Å². The highest BCUT2D eigenvalue weighted by molar-refractivity contribution is 9.10. The van der Waals surface area contributed by atoms with Crippen molar-refractivity contribution in [1.29, 1.82) is 0 Å². The molecule has 0 unspecified atom stereocenters. The maximum Gasteiger partial charge on any atom is 0.178 e. The Morgan fingerprint density at radius 2 is 1.79 bits per heavy atom. The van der Waals surface area contributed by atoms with Gasteiger partial charge in [0.15, 0.2) is 9.84 Å². The van der Waals surface area contributed by atoms with E-state index in [1.807, 2.05) is 0 Å². The van der Waals surface area contributed by atoms with Gasteiger partial charge in [0.25, 0.3) is 0 Å². The third-order valence-corrected chi connectivity index (χ3v) is 4.33. The van der Waals surface area contributed by atoms with Gasteiger partial charge >= 0.3 is 0 Å². The van der Waals surface area contributed by atoms with Crippen molar-refractivity contribution in [2.45, 2.75) is 11.3 Å². The Morgan fingerprint density at radius 3 is 2.29 bits per heavy atom. The van der Waals surface area contributed by atoms with E-state index in [1.165, 1.54) is 0 Å². The number of halogens is 2. The van der Waals surface area contributed by atoms with E-state index in [9.17, 15) is 8.42 Å². The zero-order chi connectivity index (χ0) is 10.6. The summed E-state index contributed by atoms with van der Waals surface area (Å²) in [7, 11) is -3.14. The standard InChI is InChI=1S/C9H10BrClO2S/c10-8-2-4-9(5-3-8)14(12,13)7-1-6-11/h2-5H,1,6-7H2. The molecule has 0 aliphatic carbocycles. The van der Waals surface area contributed by atoms with Crippen molar-refractivity contribution in [1.82, 2.24) is 0 Å². The average molecular weight is 298 g/mol.